The summed E-state index contributed by atoms with van der Waals surface area (Å²) in [5.74, 6) is 0.553. The zero-order valence-electron chi connectivity index (χ0n) is 16.3. The van der Waals surface area contributed by atoms with Crippen LogP contribution >= 0.6 is 0 Å². The van der Waals surface area contributed by atoms with Gasteiger partial charge in [0.2, 0.25) is 0 Å². The molecular formula is C26H28O2. The zero-order valence-corrected chi connectivity index (χ0v) is 16.3. The Hall–Kier alpha value is -2.42. The Bertz CT molecular complexity index is 835. The third-order valence-corrected chi connectivity index (χ3v) is 5.71. The van der Waals surface area contributed by atoms with Gasteiger partial charge in [-0.15, -0.1) is 6.58 Å². The quantitative estimate of drug-likeness (QED) is 0.527. The standard InChI is InChI=1S/C26H28O2/c1-2-9-25(21-10-5-3-6-11-21)27-18-20-14-15-23-19-28-26(17-24(23)16-20)22-12-7-4-8-13-22/h2-8,10-15,24-26H,1,9,16-19H2/t24-,25?,26-/m0/s1. The second kappa shape index (κ2) is 9.18. The number of hydrogen-bond donors (Lipinski definition) is 0. The van der Waals surface area contributed by atoms with Crippen LogP contribution in [0, 0.1) is 5.92 Å². The molecule has 1 aliphatic carbocycles. The van der Waals surface area contributed by atoms with Gasteiger partial charge in [0.15, 0.2) is 0 Å². The Morgan fingerprint density at radius 1 is 1.04 bits per heavy atom. The molecule has 1 aliphatic heterocycles. The summed E-state index contributed by atoms with van der Waals surface area (Å²) in [5.41, 5.74) is 5.28. The maximum absolute atomic E-state index is 6.30. The third-order valence-electron chi connectivity index (χ3n) is 5.71. The molecule has 2 aromatic carbocycles. The van der Waals surface area contributed by atoms with E-state index in [0.29, 0.717) is 12.5 Å². The minimum absolute atomic E-state index is 0.0664. The lowest BCUT2D eigenvalue weighted by Gasteiger charge is -2.34. The van der Waals surface area contributed by atoms with Crippen molar-refractivity contribution in [3.05, 3.63) is 108 Å². The van der Waals surface area contributed by atoms with Crippen molar-refractivity contribution >= 4 is 0 Å². The van der Waals surface area contributed by atoms with Gasteiger partial charge in [0, 0.05) is 0 Å². The van der Waals surface area contributed by atoms with E-state index >= 15 is 0 Å². The first-order valence-corrected chi connectivity index (χ1v) is 10.2. The van der Waals surface area contributed by atoms with E-state index in [1.165, 1.54) is 22.3 Å². The summed E-state index contributed by atoms with van der Waals surface area (Å²) in [6.45, 7) is 5.30. The number of benzene rings is 2. The van der Waals surface area contributed by atoms with Crippen LogP contribution < -0.4 is 0 Å². The number of fused-ring (bicyclic) bond motifs is 1. The van der Waals surface area contributed by atoms with Gasteiger partial charge in [-0.2, -0.15) is 0 Å². The lowest BCUT2D eigenvalue weighted by atomic mass is 9.81. The highest BCUT2D eigenvalue weighted by molar-refractivity contribution is 5.30. The van der Waals surface area contributed by atoms with E-state index in [2.05, 4.69) is 73.3 Å². The van der Waals surface area contributed by atoms with Gasteiger partial charge in [-0.1, -0.05) is 78.9 Å². The molecule has 0 saturated carbocycles. The molecule has 1 heterocycles. The molecule has 28 heavy (non-hydrogen) atoms. The van der Waals surface area contributed by atoms with Crippen molar-refractivity contribution in [1.29, 1.82) is 0 Å². The maximum atomic E-state index is 6.30. The highest BCUT2D eigenvalue weighted by Gasteiger charge is 2.29. The van der Waals surface area contributed by atoms with Crippen molar-refractivity contribution in [2.45, 2.75) is 31.5 Å². The average molecular weight is 373 g/mol. The van der Waals surface area contributed by atoms with E-state index in [9.17, 15) is 0 Å². The Labute approximate surface area is 168 Å². The van der Waals surface area contributed by atoms with Crippen molar-refractivity contribution in [3.63, 3.8) is 0 Å². The Morgan fingerprint density at radius 2 is 1.79 bits per heavy atom. The monoisotopic (exact) mass is 372 g/mol. The molecule has 2 heteroatoms. The molecule has 1 unspecified atom stereocenters. The number of rotatable bonds is 7. The van der Waals surface area contributed by atoms with Gasteiger partial charge in [-0.05, 0) is 47.5 Å². The molecule has 1 saturated heterocycles. The van der Waals surface area contributed by atoms with Crippen molar-refractivity contribution in [1.82, 2.24) is 0 Å². The first kappa shape index (κ1) is 18.9. The van der Waals surface area contributed by atoms with Crippen LogP contribution in [0.1, 0.15) is 42.6 Å². The molecule has 0 radical (unpaired) electrons. The number of hydrogen-bond acceptors (Lipinski definition) is 2. The summed E-state index contributed by atoms with van der Waals surface area (Å²) >= 11 is 0. The summed E-state index contributed by atoms with van der Waals surface area (Å²) in [6.07, 6.45) is 9.61. The van der Waals surface area contributed by atoms with Gasteiger partial charge in [0.05, 0.1) is 25.4 Å². The largest absolute Gasteiger partial charge is 0.369 e. The fourth-order valence-electron chi connectivity index (χ4n) is 4.13. The van der Waals surface area contributed by atoms with Crippen LogP contribution in [0.3, 0.4) is 0 Å². The van der Waals surface area contributed by atoms with Gasteiger partial charge < -0.3 is 9.47 Å². The SMILES string of the molecule is C=CCC(OCC1=CC=C2CO[C@H](c3ccccc3)C[C@@H]2C1)c1ccccc1. The van der Waals surface area contributed by atoms with E-state index in [1.54, 1.807) is 0 Å². The lowest BCUT2D eigenvalue weighted by molar-refractivity contribution is 0.0198. The van der Waals surface area contributed by atoms with E-state index in [4.69, 9.17) is 9.47 Å². The highest BCUT2D eigenvalue weighted by atomic mass is 16.5. The Kier molecular flexibility index (Phi) is 6.20. The molecule has 0 spiro atoms. The number of allylic oxidation sites excluding steroid dienone is 2. The Balaban J connectivity index is 1.38. The van der Waals surface area contributed by atoms with E-state index in [0.717, 1.165) is 25.9 Å². The van der Waals surface area contributed by atoms with Crippen LogP contribution in [0.2, 0.25) is 0 Å². The minimum Gasteiger partial charge on any atom is -0.369 e. The maximum Gasteiger partial charge on any atom is 0.0863 e. The van der Waals surface area contributed by atoms with Crippen molar-refractivity contribution in [3.8, 4) is 0 Å². The van der Waals surface area contributed by atoms with Gasteiger partial charge in [0.1, 0.15) is 0 Å². The van der Waals surface area contributed by atoms with E-state index in [-0.39, 0.29) is 12.2 Å². The molecule has 2 aliphatic rings. The predicted octanol–water partition coefficient (Wildman–Crippen LogP) is 6.35. The average Bonchev–Trinajstić information content (AvgIpc) is 2.77. The molecular weight excluding hydrogens is 344 g/mol. The summed E-state index contributed by atoms with van der Waals surface area (Å²) in [5, 5.41) is 0. The normalized spacial score (nSPS) is 22.6. The molecule has 1 fully saturated rings. The van der Waals surface area contributed by atoms with Crippen molar-refractivity contribution < 1.29 is 9.47 Å². The van der Waals surface area contributed by atoms with Crippen molar-refractivity contribution in [2.75, 3.05) is 13.2 Å². The van der Waals surface area contributed by atoms with E-state index in [1.807, 2.05) is 12.1 Å². The first-order valence-electron chi connectivity index (χ1n) is 10.2. The molecule has 0 N–H and O–H groups in total. The van der Waals surface area contributed by atoms with Crippen LogP contribution in [0.15, 0.2) is 96.6 Å². The molecule has 144 valence electrons. The fraction of sp³-hybridized carbons (Fsp3) is 0.308. The van der Waals surface area contributed by atoms with Gasteiger partial charge in [-0.3, -0.25) is 0 Å². The smallest absolute Gasteiger partial charge is 0.0863 e. The van der Waals surface area contributed by atoms with Gasteiger partial charge >= 0.3 is 0 Å². The molecule has 4 rings (SSSR count). The third kappa shape index (κ3) is 4.52. The second-order valence-corrected chi connectivity index (χ2v) is 7.65. The van der Waals surface area contributed by atoms with Gasteiger partial charge in [0.25, 0.3) is 0 Å². The molecule has 2 nitrogen and oxygen atoms in total. The number of ether oxygens (including phenoxy) is 2. The Morgan fingerprint density at radius 3 is 2.54 bits per heavy atom. The van der Waals surface area contributed by atoms with Crippen molar-refractivity contribution in [2.24, 2.45) is 5.92 Å². The second-order valence-electron chi connectivity index (χ2n) is 7.65. The topological polar surface area (TPSA) is 18.5 Å². The van der Waals surface area contributed by atoms with Crippen LogP contribution in [-0.2, 0) is 9.47 Å². The first-order chi connectivity index (χ1) is 13.8. The molecule has 0 bridgehead atoms. The minimum atomic E-state index is 0.0664. The van der Waals surface area contributed by atoms with E-state index < -0.39 is 0 Å². The van der Waals surface area contributed by atoms with Gasteiger partial charge in [-0.25, -0.2) is 0 Å². The zero-order chi connectivity index (χ0) is 19.2. The fourth-order valence-corrected chi connectivity index (χ4v) is 4.13. The van der Waals surface area contributed by atoms with Crippen LogP contribution in [0.4, 0.5) is 0 Å². The predicted molar refractivity (Wildman–Crippen MR) is 114 cm³/mol. The molecule has 3 atom stereocenters. The summed E-state index contributed by atoms with van der Waals surface area (Å²) in [6, 6.07) is 21.0. The molecule has 2 aromatic rings. The molecule has 0 aromatic heterocycles. The van der Waals surface area contributed by atoms with Crippen LogP contribution in [-0.4, -0.2) is 13.2 Å². The summed E-state index contributed by atoms with van der Waals surface area (Å²) < 4.78 is 12.4. The highest BCUT2D eigenvalue weighted by Crippen LogP contribution is 2.40. The van der Waals surface area contributed by atoms with Crippen LogP contribution in [0.25, 0.3) is 0 Å². The summed E-state index contributed by atoms with van der Waals surface area (Å²) in [7, 11) is 0. The van der Waals surface area contributed by atoms with Crippen LogP contribution in [0.5, 0.6) is 0 Å². The molecule has 0 amide bonds. The summed E-state index contributed by atoms with van der Waals surface area (Å²) in [4.78, 5) is 0. The lowest BCUT2D eigenvalue weighted by Crippen LogP contribution is -2.25.